The molecule has 4 aromatic rings. The number of likely N-dealkylation sites (tertiary alicyclic amines) is 2. The van der Waals surface area contributed by atoms with Crippen LogP contribution in [0.3, 0.4) is 0 Å². The third-order valence-corrected chi connectivity index (χ3v) is 18.1. The van der Waals surface area contributed by atoms with Crippen molar-refractivity contribution < 1.29 is 47.9 Å². The number of nitrogens with two attached hydrogens (primary N) is 1. The largest absolute Gasteiger partial charge is 0.444 e. The zero-order valence-corrected chi connectivity index (χ0v) is 57.0. The van der Waals surface area contributed by atoms with Gasteiger partial charge in [-0.15, -0.1) is 0 Å². The Kier molecular flexibility index (Phi) is 29.1. The summed E-state index contributed by atoms with van der Waals surface area (Å²) in [6.07, 6.45) is 20.4. The first-order chi connectivity index (χ1) is 46.9. The van der Waals surface area contributed by atoms with E-state index in [9.17, 15) is 43.2 Å². The Bertz CT molecular complexity index is 3280. The number of carbonyl (C=O) groups excluding carboxylic acids is 9. The quantitative estimate of drug-likeness (QED) is 0.0204. The monoisotopic (exact) mass is 1340 g/mol. The summed E-state index contributed by atoms with van der Waals surface area (Å²) in [6.45, 7) is 10.6. The van der Waals surface area contributed by atoms with E-state index in [-0.39, 0.29) is 70.6 Å². The number of nitrogens with zero attached hydrogens (tertiary/aromatic N) is 6. The highest BCUT2D eigenvalue weighted by atomic mass is 16.6. The molecule has 11 N–H and O–H groups in total. The van der Waals surface area contributed by atoms with Crippen molar-refractivity contribution in [3.63, 3.8) is 0 Å². The Morgan fingerprint density at radius 2 is 0.948 bits per heavy atom. The summed E-state index contributed by atoms with van der Waals surface area (Å²) in [6, 6.07) is 12.7. The molecule has 4 heterocycles. The number of alkyl carbamates (subject to hydrolysis) is 1. The van der Waals surface area contributed by atoms with Gasteiger partial charge in [-0.25, -0.2) is 34.3 Å². The van der Waals surface area contributed by atoms with Crippen LogP contribution in [0.25, 0.3) is 11.3 Å². The SMILES string of the molecule is CC(C)(C)OC(=O)NCCCCCC(=O)NCCCCCC(=O)NCC1CCN(C(=O)Nc2nc(-c3ccc4c(c3)CC(NC(=O)c3nccnc3NC(=O)N3CCC(CNC(=O)CCCCCNC(=O)CCCCCN)CC3)C4)cnc2C(=O)NC2Cc3ccccc3C2)CC1. The third kappa shape index (κ3) is 25.0. The van der Waals surface area contributed by atoms with E-state index in [1.165, 1.54) is 29.7 Å². The highest BCUT2D eigenvalue weighted by Gasteiger charge is 2.31. The van der Waals surface area contributed by atoms with Crippen LogP contribution in [0.5, 0.6) is 0 Å². The Balaban J connectivity index is 0.758. The summed E-state index contributed by atoms with van der Waals surface area (Å²) in [7, 11) is 0. The predicted octanol–water partition coefficient (Wildman–Crippen LogP) is 7.41. The Morgan fingerprint density at radius 1 is 0.505 bits per heavy atom. The fourth-order valence-electron chi connectivity index (χ4n) is 12.7. The van der Waals surface area contributed by atoms with Gasteiger partial charge in [-0.2, -0.15) is 0 Å². The van der Waals surface area contributed by atoms with Crippen molar-refractivity contribution in [1.29, 1.82) is 0 Å². The standard InChI is InChI=1S/C71H102N16O10/c1-71(2,3)97-70(96)77-33-17-7-9-21-59(89)74-32-16-6-11-23-61(91)79-46-49-28-38-87(39-29-49)69(95)85-65-63(67(93)81-55-41-50-18-12-13-19-51(50)42-55)80-47-57(83-65)53-25-24-52-43-56(44-54(52)40-53)82-66(92)62-64(76-35-34-75-62)84-68(94)86-36-26-48(27-37-86)45-78-60(90)22-10-5-15-31-73-58(88)20-8-4-14-30-72/h12-13,18-19,24-25,34-35,40,47-49,55-56H,4-11,14-17,20-23,26-33,36-39,41-46,72H2,1-3H3,(H,73,88)(H,74,89)(H,77,96)(H,78,90)(H,79,91)(H,81,93)(H,82,92)(H,76,84,94)(H,83,85,95). The van der Waals surface area contributed by atoms with Gasteiger partial charge in [0.25, 0.3) is 11.8 Å². The molecule has 26 heteroatoms. The van der Waals surface area contributed by atoms with Crippen molar-refractivity contribution in [3.05, 3.63) is 94.7 Å². The maximum absolute atomic E-state index is 14.1. The van der Waals surface area contributed by atoms with Gasteiger partial charge in [-0.1, -0.05) is 62.1 Å². The molecule has 1 unspecified atom stereocenters. The van der Waals surface area contributed by atoms with Crippen molar-refractivity contribution in [1.82, 2.24) is 67.0 Å². The average Bonchev–Trinajstić information content (AvgIpc) is 1.60. The van der Waals surface area contributed by atoms with Crippen molar-refractivity contribution in [3.8, 4) is 11.3 Å². The van der Waals surface area contributed by atoms with Gasteiger partial charge in [-0.3, -0.25) is 39.4 Å². The van der Waals surface area contributed by atoms with E-state index in [1.807, 2.05) is 51.1 Å². The molecule has 26 nitrogen and oxygen atoms in total. The van der Waals surface area contributed by atoms with E-state index in [2.05, 4.69) is 74.9 Å². The molecular formula is C71H102N16O10. The van der Waals surface area contributed by atoms with Crippen LogP contribution < -0.4 is 53.6 Å². The molecule has 2 fully saturated rings. The Morgan fingerprint density at radius 3 is 1.45 bits per heavy atom. The number of fused-ring (bicyclic) bond motifs is 2. The molecule has 0 saturated carbocycles. The molecule has 2 aliphatic heterocycles. The van der Waals surface area contributed by atoms with Crippen LogP contribution in [0.4, 0.5) is 26.0 Å². The Hall–Kier alpha value is -8.81. The average molecular weight is 1340 g/mol. The first-order valence-electron chi connectivity index (χ1n) is 35.2. The maximum atomic E-state index is 14.1. The minimum Gasteiger partial charge on any atom is -0.444 e. The minimum absolute atomic E-state index is 0.00411. The number of unbranched alkanes of at least 4 members (excludes halogenated alkanes) is 8. The summed E-state index contributed by atoms with van der Waals surface area (Å²) >= 11 is 0. The van der Waals surface area contributed by atoms with Crippen LogP contribution in [0.1, 0.15) is 192 Å². The molecule has 2 saturated heterocycles. The fourth-order valence-corrected chi connectivity index (χ4v) is 12.7. The lowest BCUT2D eigenvalue weighted by Crippen LogP contribution is -2.44. The van der Waals surface area contributed by atoms with Crippen LogP contribution in [0.15, 0.2) is 61.1 Å². The third-order valence-electron chi connectivity index (χ3n) is 18.1. The van der Waals surface area contributed by atoms with Gasteiger partial charge in [0.2, 0.25) is 23.6 Å². The second-order valence-corrected chi connectivity index (χ2v) is 27.1. The Labute approximate surface area is 569 Å². The highest BCUT2D eigenvalue weighted by molar-refractivity contribution is 6.02. The number of aromatic nitrogens is 4. The molecule has 2 aliphatic carbocycles. The second-order valence-electron chi connectivity index (χ2n) is 27.1. The topological polar surface area (TPSA) is 355 Å². The molecule has 0 spiro atoms. The van der Waals surface area contributed by atoms with Crippen molar-refractivity contribution >= 4 is 65.2 Å². The molecule has 0 radical (unpaired) electrons. The number of urea groups is 2. The second kappa shape index (κ2) is 38.2. The summed E-state index contributed by atoms with van der Waals surface area (Å²) in [5, 5.41) is 26.7. The van der Waals surface area contributed by atoms with E-state index in [0.29, 0.717) is 160 Å². The molecule has 11 amide bonds. The van der Waals surface area contributed by atoms with E-state index in [0.717, 1.165) is 81.8 Å². The van der Waals surface area contributed by atoms with E-state index in [1.54, 1.807) is 9.80 Å². The van der Waals surface area contributed by atoms with Crippen LogP contribution in [0, 0.1) is 11.8 Å². The molecule has 97 heavy (non-hydrogen) atoms. The van der Waals surface area contributed by atoms with Gasteiger partial charge in [0.15, 0.2) is 23.0 Å². The number of amides is 11. The predicted molar refractivity (Wildman–Crippen MR) is 369 cm³/mol. The first-order valence-corrected chi connectivity index (χ1v) is 35.2. The molecule has 526 valence electrons. The van der Waals surface area contributed by atoms with E-state index in [4.69, 9.17) is 15.5 Å². The molecular weight excluding hydrogens is 1240 g/mol. The number of carbonyl (C=O) groups is 9. The number of piperidine rings is 2. The van der Waals surface area contributed by atoms with Crippen LogP contribution >= 0.6 is 0 Å². The molecule has 8 rings (SSSR count). The number of rotatable bonds is 34. The highest BCUT2D eigenvalue weighted by Crippen LogP contribution is 2.30. The molecule has 0 bridgehead atoms. The summed E-state index contributed by atoms with van der Waals surface area (Å²) in [5.74, 6) is -0.464. The van der Waals surface area contributed by atoms with Gasteiger partial charge in [0.1, 0.15) is 5.60 Å². The lowest BCUT2D eigenvalue weighted by Gasteiger charge is -2.32. The zero-order valence-electron chi connectivity index (χ0n) is 57.0. The van der Waals surface area contributed by atoms with Gasteiger partial charge < -0.3 is 57.5 Å². The number of hydrogen-bond donors (Lipinski definition) is 10. The van der Waals surface area contributed by atoms with Crippen LogP contribution in [-0.4, -0.2) is 166 Å². The zero-order chi connectivity index (χ0) is 68.9. The van der Waals surface area contributed by atoms with Gasteiger partial charge in [-0.05, 0) is 170 Å². The summed E-state index contributed by atoms with van der Waals surface area (Å²) < 4.78 is 5.23. The molecule has 4 aliphatic rings. The van der Waals surface area contributed by atoms with Crippen molar-refractivity contribution in [2.45, 2.75) is 193 Å². The number of benzene rings is 2. The molecule has 1 atom stereocenters. The smallest absolute Gasteiger partial charge is 0.407 e. The first kappa shape index (κ1) is 74.0. The lowest BCUT2D eigenvalue weighted by molar-refractivity contribution is -0.122. The number of nitrogens with one attached hydrogen (secondary N) is 9. The van der Waals surface area contributed by atoms with E-state index < -0.39 is 35.6 Å². The van der Waals surface area contributed by atoms with Gasteiger partial charge in [0, 0.05) is 115 Å². The van der Waals surface area contributed by atoms with Crippen LogP contribution in [0.2, 0.25) is 0 Å². The molecule has 2 aromatic carbocycles. The fraction of sp³-hybridized carbons (Fsp3) is 0.592. The number of hydrogen-bond acceptors (Lipinski definition) is 15. The summed E-state index contributed by atoms with van der Waals surface area (Å²) in [5.41, 5.74) is 10.4. The maximum Gasteiger partial charge on any atom is 0.407 e. The van der Waals surface area contributed by atoms with Crippen molar-refractivity contribution in [2.24, 2.45) is 17.6 Å². The summed E-state index contributed by atoms with van der Waals surface area (Å²) in [4.78, 5) is 139. The molecule has 2 aromatic heterocycles. The minimum atomic E-state index is -0.544. The normalized spacial score (nSPS) is 15.5. The van der Waals surface area contributed by atoms with Gasteiger partial charge in [0.05, 0.1) is 11.9 Å². The number of anilines is 2. The lowest BCUT2D eigenvalue weighted by atomic mass is 9.97. The van der Waals surface area contributed by atoms with E-state index >= 15 is 0 Å². The van der Waals surface area contributed by atoms with Crippen LogP contribution in [-0.2, 0) is 49.6 Å². The van der Waals surface area contributed by atoms with Crippen molar-refractivity contribution in [2.75, 3.05) is 76.1 Å². The number of ether oxygens (including phenoxy) is 1. The van der Waals surface area contributed by atoms with Gasteiger partial charge >= 0.3 is 18.2 Å².